The summed E-state index contributed by atoms with van der Waals surface area (Å²) in [7, 11) is 1.61. The number of carbonyl (C=O) groups is 1. The molecule has 2 aliphatic heterocycles. The number of anilines is 3. The highest BCUT2D eigenvalue weighted by molar-refractivity contribution is 6.33. The molecule has 1 aromatic heterocycles. The van der Waals surface area contributed by atoms with Gasteiger partial charge in [0.05, 0.1) is 17.8 Å². The molecule has 0 unspecified atom stereocenters. The van der Waals surface area contributed by atoms with Crippen molar-refractivity contribution in [3.8, 4) is 5.75 Å². The monoisotopic (exact) mass is 526 g/mol. The summed E-state index contributed by atoms with van der Waals surface area (Å²) >= 11 is 12.8. The SMILES string of the molecule is COc1cc(N2CCN(C(=O)Cn3nc(N4C=CN(c5ccccc5)C4)c(Cl)c3C)CC2)ccc1Cl. The average molecular weight is 527 g/mol. The van der Waals surface area contributed by atoms with E-state index >= 15 is 0 Å². The summed E-state index contributed by atoms with van der Waals surface area (Å²) < 4.78 is 7.04. The molecule has 0 saturated carbocycles. The number of aromatic nitrogens is 2. The van der Waals surface area contributed by atoms with Crippen LogP contribution < -0.4 is 19.4 Å². The van der Waals surface area contributed by atoms with E-state index in [0.717, 1.165) is 30.2 Å². The molecule has 2 aliphatic rings. The van der Waals surface area contributed by atoms with Crippen LogP contribution in [0.3, 0.4) is 0 Å². The third-order valence-electron chi connectivity index (χ3n) is 6.62. The molecule has 0 bridgehead atoms. The van der Waals surface area contributed by atoms with E-state index in [1.54, 1.807) is 11.8 Å². The topological polar surface area (TPSA) is 57.1 Å². The van der Waals surface area contributed by atoms with Gasteiger partial charge < -0.3 is 24.3 Å². The molecule has 3 aromatic rings. The predicted molar refractivity (Wildman–Crippen MR) is 144 cm³/mol. The molecule has 8 nitrogen and oxygen atoms in total. The second kappa shape index (κ2) is 10.3. The highest BCUT2D eigenvalue weighted by Crippen LogP contribution is 2.32. The first kappa shape index (κ1) is 24.3. The minimum Gasteiger partial charge on any atom is -0.495 e. The van der Waals surface area contributed by atoms with Crippen LogP contribution in [0.2, 0.25) is 10.0 Å². The Balaban J connectivity index is 1.21. The van der Waals surface area contributed by atoms with E-state index in [2.05, 4.69) is 21.9 Å². The summed E-state index contributed by atoms with van der Waals surface area (Å²) in [5, 5.41) is 5.83. The van der Waals surface area contributed by atoms with Gasteiger partial charge in [-0.05, 0) is 31.2 Å². The molecule has 1 saturated heterocycles. The van der Waals surface area contributed by atoms with Gasteiger partial charge in [0, 0.05) is 56.0 Å². The maximum Gasteiger partial charge on any atom is 0.244 e. The molecule has 0 aliphatic carbocycles. The molecule has 1 fully saturated rings. The van der Waals surface area contributed by atoms with Crippen molar-refractivity contribution >= 4 is 46.3 Å². The van der Waals surface area contributed by atoms with Crippen molar-refractivity contribution in [1.29, 1.82) is 0 Å². The van der Waals surface area contributed by atoms with Crippen LogP contribution in [-0.4, -0.2) is 60.5 Å². The second-order valence-corrected chi connectivity index (χ2v) is 9.57. The Bertz CT molecular complexity index is 1270. The quantitative estimate of drug-likeness (QED) is 0.467. The lowest BCUT2D eigenvalue weighted by molar-refractivity contribution is -0.132. The molecule has 1 amide bonds. The number of rotatable bonds is 6. The van der Waals surface area contributed by atoms with Gasteiger partial charge in [-0.3, -0.25) is 9.48 Å². The first-order valence-corrected chi connectivity index (χ1v) is 12.6. The van der Waals surface area contributed by atoms with Crippen LogP contribution in [-0.2, 0) is 11.3 Å². The fourth-order valence-electron chi connectivity index (χ4n) is 4.48. The maximum absolute atomic E-state index is 13.1. The van der Waals surface area contributed by atoms with E-state index in [-0.39, 0.29) is 12.5 Å². The van der Waals surface area contributed by atoms with Crippen LogP contribution in [0.1, 0.15) is 5.69 Å². The van der Waals surface area contributed by atoms with Crippen molar-refractivity contribution in [3.05, 3.63) is 76.7 Å². The first-order valence-electron chi connectivity index (χ1n) is 11.8. The van der Waals surface area contributed by atoms with Crippen molar-refractivity contribution in [2.24, 2.45) is 0 Å². The van der Waals surface area contributed by atoms with E-state index in [0.29, 0.717) is 41.4 Å². The number of benzene rings is 2. The molecule has 3 heterocycles. The van der Waals surface area contributed by atoms with E-state index in [9.17, 15) is 4.79 Å². The Hall–Kier alpha value is -3.36. The first-order chi connectivity index (χ1) is 17.4. The number of nitrogens with zero attached hydrogens (tertiary/aromatic N) is 6. The average Bonchev–Trinajstić information content (AvgIpc) is 3.50. The number of ether oxygens (including phenoxy) is 1. The van der Waals surface area contributed by atoms with Gasteiger partial charge in [-0.2, -0.15) is 5.10 Å². The lowest BCUT2D eigenvalue weighted by Crippen LogP contribution is -2.49. The van der Waals surface area contributed by atoms with Crippen LogP contribution in [0.5, 0.6) is 5.75 Å². The van der Waals surface area contributed by atoms with Gasteiger partial charge in [0.1, 0.15) is 24.0 Å². The summed E-state index contributed by atoms with van der Waals surface area (Å²) in [6.07, 6.45) is 3.96. The minimum absolute atomic E-state index is 0.0278. The fraction of sp³-hybridized carbons (Fsp3) is 0.308. The van der Waals surface area contributed by atoms with Gasteiger partial charge in [-0.1, -0.05) is 41.4 Å². The Morgan fingerprint density at radius 3 is 2.42 bits per heavy atom. The molecule has 0 N–H and O–H groups in total. The zero-order valence-electron chi connectivity index (χ0n) is 20.3. The molecule has 0 radical (unpaired) electrons. The predicted octanol–water partition coefficient (Wildman–Crippen LogP) is 4.61. The van der Waals surface area contributed by atoms with Crippen LogP contribution >= 0.6 is 23.2 Å². The second-order valence-electron chi connectivity index (χ2n) is 8.78. The number of para-hydroxylation sites is 1. The van der Waals surface area contributed by atoms with Gasteiger partial charge in [-0.15, -0.1) is 0 Å². The van der Waals surface area contributed by atoms with Crippen LogP contribution in [0.4, 0.5) is 17.2 Å². The summed E-state index contributed by atoms with van der Waals surface area (Å²) in [6.45, 7) is 5.37. The number of hydrogen-bond donors (Lipinski definition) is 0. The van der Waals surface area contributed by atoms with Crippen molar-refractivity contribution < 1.29 is 9.53 Å². The van der Waals surface area contributed by atoms with Gasteiger partial charge >= 0.3 is 0 Å². The van der Waals surface area contributed by atoms with Gasteiger partial charge in [-0.25, -0.2) is 0 Å². The molecule has 5 rings (SSSR count). The standard InChI is InChI=1S/C26H28Cl2N6O2/c1-19-25(28)26(33-15-14-32(18-33)20-6-4-3-5-7-20)29-34(19)17-24(35)31-12-10-30(11-13-31)21-8-9-22(27)23(16-21)36-2/h3-9,14-16H,10-13,17-18H2,1-2H3. The van der Waals surface area contributed by atoms with Crippen LogP contribution in [0.25, 0.3) is 0 Å². The lowest BCUT2D eigenvalue weighted by Gasteiger charge is -2.36. The maximum atomic E-state index is 13.1. The largest absolute Gasteiger partial charge is 0.495 e. The molecule has 2 aromatic carbocycles. The molecule has 36 heavy (non-hydrogen) atoms. The van der Waals surface area contributed by atoms with Crippen molar-refractivity contribution in [1.82, 2.24) is 14.7 Å². The Morgan fingerprint density at radius 2 is 1.69 bits per heavy atom. The molecule has 0 atom stereocenters. The molecule has 10 heteroatoms. The van der Waals surface area contributed by atoms with Crippen molar-refractivity contribution in [2.45, 2.75) is 13.5 Å². The molecular formula is C26H28Cl2N6O2. The van der Waals surface area contributed by atoms with E-state index in [1.807, 2.05) is 65.5 Å². The van der Waals surface area contributed by atoms with Crippen molar-refractivity contribution in [3.63, 3.8) is 0 Å². The summed E-state index contributed by atoms with van der Waals surface area (Å²) in [5.74, 6) is 1.33. The molecule has 188 valence electrons. The Morgan fingerprint density at radius 1 is 0.972 bits per heavy atom. The third-order valence-corrected chi connectivity index (χ3v) is 7.38. The number of methoxy groups -OCH3 is 1. The highest BCUT2D eigenvalue weighted by Gasteiger charge is 2.26. The van der Waals surface area contributed by atoms with E-state index < -0.39 is 0 Å². The van der Waals surface area contributed by atoms with E-state index in [1.165, 1.54) is 0 Å². The number of hydrogen-bond acceptors (Lipinski definition) is 6. The Labute approximate surface area is 220 Å². The summed E-state index contributed by atoms with van der Waals surface area (Å²) in [5.41, 5.74) is 2.90. The van der Waals surface area contributed by atoms with Gasteiger partial charge in [0.25, 0.3) is 0 Å². The Kier molecular flexibility index (Phi) is 6.98. The zero-order valence-corrected chi connectivity index (χ0v) is 21.8. The fourth-order valence-corrected chi connectivity index (χ4v) is 4.92. The highest BCUT2D eigenvalue weighted by atomic mass is 35.5. The molecule has 0 spiro atoms. The normalized spacial score (nSPS) is 15.7. The number of piperazine rings is 1. The van der Waals surface area contributed by atoms with Gasteiger partial charge in [0.2, 0.25) is 5.91 Å². The summed E-state index contributed by atoms with van der Waals surface area (Å²) in [4.78, 5) is 21.3. The minimum atomic E-state index is 0.0278. The number of amides is 1. The molecular weight excluding hydrogens is 499 g/mol. The third kappa shape index (κ3) is 4.83. The number of carbonyl (C=O) groups excluding carboxylic acids is 1. The number of halogens is 2. The van der Waals surface area contributed by atoms with Crippen molar-refractivity contribution in [2.75, 3.05) is 54.7 Å². The van der Waals surface area contributed by atoms with E-state index in [4.69, 9.17) is 33.0 Å². The van der Waals surface area contributed by atoms with Gasteiger partial charge in [0.15, 0.2) is 5.82 Å². The van der Waals surface area contributed by atoms with Crippen LogP contribution in [0.15, 0.2) is 60.9 Å². The smallest absolute Gasteiger partial charge is 0.244 e. The lowest BCUT2D eigenvalue weighted by atomic mass is 10.2. The summed E-state index contributed by atoms with van der Waals surface area (Å²) in [6, 6.07) is 15.9. The zero-order chi connectivity index (χ0) is 25.2. The van der Waals surface area contributed by atoms with Crippen LogP contribution in [0, 0.1) is 6.92 Å².